The lowest BCUT2D eigenvalue weighted by Crippen LogP contribution is -2.21. The molecule has 0 fully saturated rings. The molecule has 0 heterocycles. The Kier molecular flexibility index (Phi) is 4.18. The molecule has 2 aromatic rings. The summed E-state index contributed by atoms with van der Waals surface area (Å²) in [5.74, 6) is -0.0506. The van der Waals surface area contributed by atoms with Crippen molar-refractivity contribution in [3.8, 4) is 0 Å². The van der Waals surface area contributed by atoms with Gasteiger partial charge in [-0.25, -0.2) is 0 Å². The van der Waals surface area contributed by atoms with Crippen LogP contribution < -0.4 is 10.6 Å². The summed E-state index contributed by atoms with van der Waals surface area (Å²) >= 11 is 0. The summed E-state index contributed by atoms with van der Waals surface area (Å²) in [6, 6.07) is 15.7. The predicted octanol–water partition coefficient (Wildman–Crippen LogP) is 3.35. The highest BCUT2D eigenvalue weighted by molar-refractivity contribution is 5.93. The fraction of sp³-hybridized carbons (Fsp3) is 0.188. The van der Waals surface area contributed by atoms with Gasteiger partial charge in [-0.1, -0.05) is 29.8 Å². The molecule has 0 saturated carbocycles. The number of hydrogen-bond acceptors (Lipinski definition) is 2. The molecule has 0 spiro atoms. The number of amides is 1. The molecule has 0 radical (unpaired) electrons. The van der Waals surface area contributed by atoms with Crippen molar-refractivity contribution in [1.29, 1.82) is 0 Å². The topological polar surface area (TPSA) is 41.1 Å². The molecule has 0 aliphatic heterocycles. The van der Waals surface area contributed by atoms with Crippen LogP contribution in [-0.2, 0) is 4.79 Å². The third kappa shape index (κ3) is 4.14. The molecular formula is C16H18N2O. The van der Waals surface area contributed by atoms with E-state index in [-0.39, 0.29) is 12.5 Å². The van der Waals surface area contributed by atoms with Crippen LogP contribution in [0.1, 0.15) is 11.1 Å². The van der Waals surface area contributed by atoms with Crippen molar-refractivity contribution in [3.63, 3.8) is 0 Å². The summed E-state index contributed by atoms with van der Waals surface area (Å²) in [7, 11) is 0. The van der Waals surface area contributed by atoms with E-state index in [0.717, 1.165) is 11.4 Å². The van der Waals surface area contributed by atoms with Gasteiger partial charge in [-0.3, -0.25) is 4.79 Å². The summed E-state index contributed by atoms with van der Waals surface area (Å²) in [5, 5.41) is 5.96. The van der Waals surface area contributed by atoms with Gasteiger partial charge in [0, 0.05) is 11.4 Å². The predicted molar refractivity (Wildman–Crippen MR) is 79.5 cm³/mol. The quantitative estimate of drug-likeness (QED) is 0.878. The first-order valence-corrected chi connectivity index (χ1v) is 6.30. The number of benzene rings is 2. The molecule has 3 heteroatoms. The van der Waals surface area contributed by atoms with Crippen molar-refractivity contribution in [2.75, 3.05) is 17.2 Å². The van der Waals surface area contributed by atoms with Crippen LogP contribution in [0.5, 0.6) is 0 Å². The number of rotatable bonds is 4. The van der Waals surface area contributed by atoms with Crippen molar-refractivity contribution in [1.82, 2.24) is 0 Å². The van der Waals surface area contributed by atoms with E-state index >= 15 is 0 Å². The molecular weight excluding hydrogens is 236 g/mol. The largest absolute Gasteiger partial charge is 0.376 e. The van der Waals surface area contributed by atoms with Gasteiger partial charge in [-0.15, -0.1) is 0 Å². The zero-order valence-electron chi connectivity index (χ0n) is 11.2. The molecule has 0 aromatic heterocycles. The molecule has 2 rings (SSSR count). The zero-order valence-corrected chi connectivity index (χ0v) is 11.2. The minimum Gasteiger partial charge on any atom is -0.376 e. The average molecular weight is 254 g/mol. The number of aryl methyl sites for hydroxylation is 2. The van der Waals surface area contributed by atoms with E-state index in [2.05, 4.69) is 10.6 Å². The van der Waals surface area contributed by atoms with Crippen molar-refractivity contribution >= 4 is 17.3 Å². The van der Waals surface area contributed by atoms with Gasteiger partial charge in [-0.2, -0.15) is 0 Å². The Hall–Kier alpha value is -2.29. The van der Waals surface area contributed by atoms with Crippen molar-refractivity contribution in [2.24, 2.45) is 0 Å². The first-order chi connectivity index (χ1) is 9.13. The normalized spacial score (nSPS) is 10.0. The minimum atomic E-state index is -0.0506. The molecule has 0 saturated heterocycles. The van der Waals surface area contributed by atoms with Gasteiger partial charge in [0.05, 0.1) is 6.54 Å². The second-order valence-corrected chi connectivity index (χ2v) is 4.64. The molecule has 2 aromatic carbocycles. The van der Waals surface area contributed by atoms with Crippen LogP contribution in [0.25, 0.3) is 0 Å². The van der Waals surface area contributed by atoms with Crippen LogP contribution in [0, 0.1) is 13.8 Å². The molecule has 0 aliphatic rings. The highest BCUT2D eigenvalue weighted by atomic mass is 16.1. The third-order valence-corrected chi connectivity index (χ3v) is 2.81. The summed E-state index contributed by atoms with van der Waals surface area (Å²) < 4.78 is 0. The van der Waals surface area contributed by atoms with Crippen LogP contribution in [-0.4, -0.2) is 12.5 Å². The van der Waals surface area contributed by atoms with Gasteiger partial charge in [0.1, 0.15) is 0 Å². The maximum absolute atomic E-state index is 11.8. The second-order valence-electron chi connectivity index (χ2n) is 4.64. The molecule has 1 amide bonds. The van der Waals surface area contributed by atoms with Gasteiger partial charge in [-0.05, 0) is 43.7 Å². The van der Waals surface area contributed by atoms with Gasteiger partial charge in [0.25, 0.3) is 0 Å². The highest BCUT2D eigenvalue weighted by Crippen LogP contribution is 2.10. The average Bonchev–Trinajstić information content (AvgIpc) is 2.39. The van der Waals surface area contributed by atoms with Crippen LogP contribution in [0.3, 0.4) is 0 Å². The molecule has 0 unspecified atom stereocenters. The van der Waals surface area contributed by atoms with Gasteiger partial charge < -0.3 is 10.6 Å². The number of carbonyl (C=O) groups is 1. The number of nitrogens with one attached hydrogen (secondary N) is 2. The maximum atomic E-state index is 11.8. The zero-order chi connectivity index (χ0) is 13.7. The van der Waals surface area contributed by atoms with E-state index in [0.29, 0.717) is 0 Å². The van der Waals surface area contributed by atoms with Crippen LogP contribution in [0.4, 0.5) is 11.4 Å². The summed E-state index contributed by atoms with van der Waals surface area (Å²) in [5.41, 5.74) is 4.13. The SMILES string of the molecule is Cc1ccc(NC(=O)CNc2cccc(C)c2)cc1. The number of anilines is 2. The Morgan fingerprint density at radius 1 is 0.947 bits per heavy atom. The van der Waals surface area contributed by atoms with E-state index in [1.165, 1.54) is 11.1 Å². The lowest BCUT2D eigenvalue weighted by Gasteiger charge is -2.08. The standard InChI is InChI=1S/C16H18N2O/c1-12-6-8-14(9-7-12)18-16(19)11-17-15-5-3-4-13(2)10-15/h3-10,17H,11H2,1-2H3,(H,18,19). The first-order valence-electron chi connectivity index (χ1n) is 6.30. The molecule has 2 N–H and O–H groups in total. The smallest absolute Gasteiger partial charge is 0.243 e. The second kappa shape index (κ2) is 6.05. The van der Waals surface area contributed by atoms with Crippen LogP contribution in [0.15, 0.2) is 48.5 Å². The van der Waals surface area contributed by atoms with Gasteiger partial charge in [0.2, 0.25) is 5.91 Å². The number of hydrogen-bond donors (Lipinski definition) is 2. The Morgan fingerprint density at radius 3 is 2.37 bits per heavy atom. The Bertz CT molecular complexity index is 561. The lowest BCUT2D eigenvalue weighted by molar-refractivity contribution is -0.114. The maximum Gasteiger partial charge on any atom is 0.243 e. The fourth-order valence-electron chi connectivity index (χ4n) is 1.78. The Morgan fingerprint density at radius 2 is 1.68 bits per heavy atom. The van der Waals surface area contributed by atoms with Crippen molar-refractivity contribution in [3.05, 3.63) is 59.7 Å². The number of carbonyl (C=O) groups excluding carboxylic acids is 1. The fourth-order valence-corrected chi connectivity index (χ4v) is 1.78. The molecule has 98 valence electrons. The van der Waals surface area contributed by atoms with Crippen LogP contribution in [0.2, 0.25) is 0 Å². The highest BCUT2D eigenvalue weighted by Gasteiger charge is 2.02. The van der Waals surface area contributed by atoms with E-state index in [4.69, 9.17) is 0 Å². The van der Waals surface area contributed by atoms with E-state index in [9.17, 15) is 4.79 Å². The molecule has 0 atom stereocenters. The van der Waals surface area contributed by atoms with E-state index in [1.807, 2.05) is 62.4 Å². The summed E-state index contributed by atoms with van der Waals surface area (Å²) in [6.07, 6.45) is 0. The molecule has 0 aliphatic carbocycles. The van der Waals surface area contributed by atoms with Crippen molar-refractivity contribution in [2.45, 2.75) is 13.8 Å². The Balaban J connectivity index is 1.86. The lowest BCUT2D eigenvalue weighted by atomic mass is 10.2. The Labute approximate surface area is 113 Å². The molecule has 19 heavy (non-hydrogen) atoms. The van der Waals surface area contributed by atoms with E-state index < -0.39 is 0 Å². The van der Waals surface area contributed by atoms with Gasteiger partial charge in [0.15, 0.2) is 0 Å². The van der Waals surface area contributed by atoms with Crippen LogP contribution >= 0.6 is 0 Å². The van der Waals surface area contributed by atoms with Gasteiger partial charge >= 0.3 is 0 Å². The summed E-state index contributed by atoms with van der Waals surface area (Å²) in [4.78, 5) is 11.8. The first kappa shape index (κ1) is 13.1. The molecule has 3 nitrogen and oxygen atoms in total. The third-order valence-electron chi connectivity index (χ3n) is 2.81. The monoisotopic (exact) mass is 254 g/mol. The molecule has 0 bridgehead atoms. The van der Waals surface area contributed by atoms with Crippen molar-refractivity contribution < 1.29 is 4.79 Å². The minimum absolute atomic E-state index is 0.0506. The van der Waals surface area contributed by atoms with E-state index in [1.54, 1.807) is 0 Å². The summed E-state index contributed by atoms with van der Waals surface area (Å²) in [6.45, 7) is 4.31.